The predicted octanol–water partition coefficient (Wildman–Crippen LogP) is 4.58. The minimum absolute atomic E-state index is 0. The number of benzene rings is 1. The number of rotatable bonds is 5. The molecule has 2 heterocycles. The summed E-state index contributed by atoms with van der Waals surface area (Å²) in [6, 6.07) is 11.1. The largest absolute Gasteiger partial charge is 0.340 e. The highest BCUT2D eigenvalue weighted by atomic mass is 35.5. The second kappa shape index (κ2) is 11.5. The Bertz CT molecular complexity index is 1050. The number of piperazine rings is 1. The van der Waals surface area contributed by atoms with Gasteiger partial charge in [0.25, 0.3) is 0 Å². The van der Waals surface area contributed by atoms with Gasteiger partial charge in [0.15, 0.2) is 0 Å². The van der Waals surface area contributed by atoms with Crippen LogP contribution < -0.4 is 0 Å². The lowest BCUT2D eigenvalue weighted by Crippen LogP contribution is -2.51. The van der Waals surface area contributed by atoms with Crippen molar-refractivity contribution >= 4 is 46.0 Å². The fraction of sp³-hybridized carbons (Fsp3) is 0.417. The molecule has 178 valence electrons. The molecule has 0 N–H and O–H groups in total. The van der Waals surface area contributed by atoms with E-state index < -0.39 is 10.0 Å². The second-order valence-electron chi connectivity index (χ2n) is 8.45. The van der Waals surface area contributed by atoms with Gasteiger partial charge in [-0.15, -0.1) is 12.4 Å². The van der Waals surface area contributed by atoms with Gasteiger partial charge in [-0.05, 0) is 73.1 Å². The third kappa shape index (κ3) is 6.57. The van der Waals surface area contributed by atoms with Crippen LogP contribution in [-0.4, -0.2) is 54.7 Å². The average Bonchev–Trinajstić information content (AvgIpc) is 2.84. The Kier molecular flexibility index (Phi) is 8.93. The number of sulfonamides is 1. The third-order valence-electron chi connectivity index (χ3n) is 6.47. The van der Waals surface area contributed by atoms with Gasteiger partial charge in [-0.25, -0.2) is 8.42 Å². The van der Waals surface area contributed by atoms with Crippen molar-refractivity contribution in [2.24, 2.45) is 5.92 Å². The number of halogens is 2. The SMILES string of the molecule is Cl.O=C(C1CCC(c2ccncc2)CC1)N1CCN(S(=O)(=O)/C=C/c2ccc(Cl)cc2)CC1. The maximum absolute atomic E-state index is 13.0. The third-order valence-corrected chi connectivity index (χ3v) is 8.28. The number of carbonyl (C=O) groups excluding carboxylic acids is 1. The summed E-state index contributed by atoms with van der Waals surface area (Å²) >= 11 is 5.87. The van der Waals surface area contributed by atoms with E-state index in [1.807, 2.05) is 17.3 Å². The van der Waals surface area contributed by atoms with Crippen LogP contribution in [0.5, 0.6) is 0 Å². The number of amides is 1. The summed E-state index contributed by atoms with van der Waals surface area (Å²) in [5.41, 5.74) is 2.07. The summed E-state index contributed by atoms with van der Waals surface area (Å²) in [7, 11) is -3.53. The number of aromatic nitrogens is 1. The number of carbonyl (C=O) groups is 1. The standard InChI is InChI=1S/C24H28ClN3O3S.ClH/c25-23-7-1-19(2-8-23)11-18-32(30,31)28-16-14-27(15-17-28)24(29)22-5-3-20(4-6-22)21-9-12-26-13-10-21;/h1-2,7-13,18,20,22H,3-6,14-17H2;1H/b18-11+;. The smallest absolute Gasteiger partial charge is 0.236 e. The number of pyridine rings is 1. The first kappa shape index (κ1) is 25.7. The summed E-state index contributed by atoms with van der Waals surface area (Å²) in [6.45, 7) is 1.53. The van der Waals surface area contributed by atoms with Crippen molar-refractivity contribution in [2.75, 3.05) is 26.2 Å². The van der Waals surface area contributed by atoms with Crippen LogP contribution >= 0.6 is 24.0 Å². The molecule has 9 heteroatoms. The molecule has 1 saturated carbocycles. The Hall–Kier alpha value is -1.93. The zero-order valence-electron chi connectivity index (χ0n) is 18.3. The van der Waals surface area contributed by atoms with Gasteiger partial charge < -0.3 is 4.90 Å². The van der Waals surface area contributed by atoms with Gasteiger partial charge >= 0.3 is 0 Å². The molecule has 1 saturated heterocycles. The van der Waals surface area contributed by atoms with Crippen LogP contribution in [0.25, 0.3) is 6.08 Å². The highest BCUT2D eigenvalue weighted by Gasteiger charge is 2.33. The first-order valence-corrected chi connectivity index (χ1v) is 12.9. The summed E-state index contributed by atoms with van der Waals surface area (Å²) in [5.74, 6) is 0.712. The Morgan fingerprint density at radius 2 is 1.55 bits per heavy atom. The molecule has 2 fully saturated rings. The molecular weight excluding hydrogens is 481 g/mol. The zero-order chi connectivity index (χ0) is 22.6. The van der Waals surface area contributed by atoms with Gasteiger partial charge in [-0.2, -0.15) is 4.31 Å². The highest BCUT2D eigenvalue weighted by Crippen LogP contribution is 2.36. The van der Waals surface area contributed by atoms with E-state index in [1.165, 1.54) is 15.3 Å². The van der Waals surface area contributed by atoms with Gasteiger partial charge in [0.1, 0.15) is 0 Å². The molecule has 1 aromatic carbocycles. The maximum Gasteiger partial charge on any atom is 0.236 e. The zero-order valence-corrected chi connectivity index (χ0v) is 20.7. The highest BCUT2D eigenvalue weighted by molar-refractivity contribution is 7.92. The van der Waals surface area contributed by atoms with Gasteiger partial charge in [0.2, 0.25) is 15.9 Å². The van der Waals surface area contributed by atoms with Crippen molar-refractivity contribution in [1.29, 1.82) is 0 Å². The summed E-state index contributed by atoms with van der Waals surface area (Å²) < 4.78 is 26.8. The molecule has 1 aliphatic carbocycles. The molecule has 2 aliphatic rings. The van der Waals surface area contributed by atoms with Crippen LogP contribution in [0.3, 0.4) is 0 Å². The molecule has 1 amide bonds. The number of nitrogens with zero attached hydrogens (tertiary/aromatic N) is 3. The molecule has 1 aromatic heterocycles. The molecule has 4 rings (SSSR count). The molecule has 0 unspecified atom stereocenters. The first-order chi connectivity index (χ1) is 15.4. The monoisotopic (exact) mass is 509 g/mol. The molecule has 33 heavy (non-hydrogen) atoms. The molecular formula is C24H29Cl2N3O3S. The van der Waals surface area contributed by atoms with Crippen molar-refractivity contribution in [3.63, 3.8) is 0 Å². The van der Waals surface area contributed by atoms with Crippen molar-refractivity contribution in [3.05, 3.63) is 70.3 Å². The average molecular weight is 510 g/mol. The fourth-order valence-electron chi connectivity index (χ4n) is 4.55. The summed E-state index contributed by atoms with van der Waals surface area (Å²) in [4.78, 5) is 18.9. The van der Waals surface area contributed by atoms with Crippen LogP contribution in [0.15, 0.2) is 54.2 Å². The van der Waals surface area contributed by atoms with E-state index in [2.05, 4.69) is 17.1 Å². The maximum atomic E-state index is 13.0. The molecule has 0 radical (unpaired) electrons. The second-order valence-corrected chi connectivity index (χ2v) is 10.7. The Morgan fingerprint density at radius 1 is 0.939 bits per heavy atom. The van der Waals surface area contributed by atoms with E-state index in [1.54, 1.807) is 30.3 Å². The quantitative estimate of drug-likeness (QED) is 0.591. The van der Waals surface area contributed by atoms with Crippen LogP contribution in [-0.2, 0) is 14.8 Å². The van der Waals surface area contributed by atoms with Crippen molar-refractivity contribution in [2.45, 2.75) is 31.6 Å². The lowest BCUT2D eigenvalue weighted by molar-refractivity contribution is -0.137. The number of hydrogen-bond donors (Lipinski definition) is 0. The van der Waals surface area contributed by atoms with E-state index in [0.717, 1.165) is 31.2 Å². The minimum Gasteiger partial charge on any atom is -0.340 e. The first-order valence-electron chi connectivity index (χ1n) is 11.0. The fourth-order valence-corrected chi connectivity index (χ4v) is 5.85. The van der Waals surface area contributed by atoms with Crippen LogP contribution in [0.2, 0.25) is 5.02 Å². The Balaban J connectivity index is 0.00000306. The van der Waals surface area contributed by atoms with Crippen molar-refractivity contribution < 1.29 is 13.2 Å². The normalized spacial score (nSPS) is 22.2. The van der Waals surface area contributed by atoms with Gasteiger partial charge in [-0.3, -0.25) is 9.78 Å². The van der Waals surface area contributed by atoms with E-state index in [0.29, 0.717) is 37.1 Å². The molecule has 0 atom stereocenters. The van der Waals surface area contributed by atoms with Gasteiger partial charge in [0.05, 0.1) is 0 Å². The lowest BCUT2D eigenvalue weighted by Gasteiger charge is -2.37. The van der Waals surface area contributed by atoms with Crippen LogP contribution in [0.1, 0.15) is 42.7 Å². The minimum atomic E-state index is -3.53. The summed E-state index contributed by atoms with van der Waals surface area (Å²) in [5, 5.41) is 1.84. The molecule has 2 aromatic rings. The van der Waals surface area contributed by atoms with Crippen molar-refractivity contribution in [3.8, 4) is 0 Å². The topological polar surface area (TPSA) is 70.6 Å². The van der Waals surface area contributed by atoms with Gasteiger partial charge in [0, 0.05) is 54.9 Å². The number of hydrogen-bond acceptors (Lipinski definition) is 4. The van der Waals surface area contributed by atoms with E-state index >= 15 is 0 Å². The Morgan fingerprint density at radius 3 is 2.15 bits per heavy atom. The van der Waals surface area contributed by atoms with Gasteiger partial charge in [-0.1, -0.05) is 23.7 Å². The summed E-state index contributed by atoms with van der Waals surface area (Å²) in [6.07, 6.45) is 9.00. The predicted molar refractivity (Wildman–Crippen MR) is 134 cm³/mol. The van der Waals surface area contributed by atoms with E-state index in [-0.39, 0.29) is 24.2 Å². The lowest BCUT2D eigenvalue weighted by atomic mass is 9.78. The van der Waals surface area contributed by atoms with E-state index in [9.17, 15) is 13.2 Å². The van der Waals surface area contributed by atoms with Crippen molar-refractivity contribution in [1.82, 2.24) is 14.2 Å². The Labute approximate surface area is 207 Å². The molecule has 6 nitrogen and oxygen atoms in total. The van der Waals surface area contributed by atoms with E-state index in [4.69, 9.17) is 11.6 Å². The van der Waals surface area contributed by atoms with Crippen LogP contribution in [0.4, 0.5) is 0 Å². The molecule has 0 bridgehead atoms. The molecule has 1 aliphatic heterocycles. The van der Waals surface area contributed by atoms with Crippen LogP contribution in [0, 0.1) is 5.92 Å². The molecule has 0 spiro atoms.